The summed E-state index contributed by atoms with van der Waals surface area (Å²) in [6.45, 7) is 8.02. The first-order valence-electron chi connectivity index (χ1n) is 18.6. The summed E-state index contributed by atoms with van der Waals surface area (Å²) in [4.78, 5) is 16.3. The Morgan fingerprint density at radius 2 is 1.83 bits per heavy atom. The maximum Gasteiger partial charge on any atom is 0.355 e. The summed E-state index contributed by atoms with van der Waals surface area (Å²) in [6, 6.07) is 13.4. The Balaban J connectivity index is 1.34. The fraction of sp³-hybridized carbons (Fsp3) is 0.450. The molecule has 0 amide bonds. The van der Waals surface area contributed by atoms with Crippen LogP contribution in [0.2, 0.25) is 5.02 Å². The number of sulfonamides is 1. The molecule has 0 N–H and O–H groups in total. The molecular formula is C40H47ClFN5O6S. The van der Waals surface area contributed by atoms with Crippen LogP contribution in [0.1, 0.15) is 59.7 Å². The molecule has 2 aliphatic rings. The molecule has 0 saturated carbocycles. The molecule has 2 aliphatic heterocycles. The Kier molecular flexibility index (Phi) is 11.3. The first-order valence-corrected chi connectivity index (χ1v) is 20.6. The zero-order chi connectivity index (χ0) is 38.1. The Morgan fingerprint density at radius 3 is 2.61 bits per heavy atom. The predicted molar refractivity (Wildman–Crippen MR) is 208 cm³/mol. The number of hydrogen-bond acceptors (Lipinski definition) is 8. The summed E-state index contributed by atoms with van der Waals surface area (Å²) in [5, 5.41) is 7.88. The minimum atomic E-state index is -3.75. The molecule has 3 aromatic carbocycles. The van der Waals surface area contributed by atoms with Crippen molar-refractivity contribution >= 4 is 49.3 Å². The van der Waals surface area contributed by atoms with E-state index in [9.17, 15) is 17.6 Å². The van der Waals surface area contributed by atoms with Gasteiger partial charge in [-0.2, -0.15) is 9.40 Å². The van der Waals surface area contributed by atoms with Gasteiger partial charge in [-0.25, -0.2) is 17.6 Å². The molecule has 1 unspecified atom stereocenters. The van der Waals surface area contributed by atoms with Crippen LogP contribution in [-0.2, 0) is 39.5 Å². The Labute approximate surface area is 320 Å². The lowest BCUT2D eigenvalue weighted by molar-refractivity contribution is 0.0351. The smallest absolute Gasteiger partial charge is 0.355 e. The van der Waals surface area contributed by atoms with E-state index in [1.54, 1.807) is 24.7 Å². The van der Waals surface area contributed by atoms with Gasteiger partial charge in [-0.3, -0.25) is 9.58 Å². The number of esters is 1. The normalized spacial score (nSPS) is 18.1. The van der Waals surface area contributed by atoms with Gasteiger partial charge in [0.25, 0.3) is 0 Å². The van der Waals surface area contributed by atoms with E-state index in [-0.39, 0.29) is 31.1 Å². The largest absolute Gasteiger partial charge is 0.493 e. The van der Waals surface area contributed by atoms with E-state index >= 15 is 0 Å². The second-order valence-electron chi connectivity index (χ2n) is 14.0. The molecular weight excluding hydrogens is 733 g/mol. The summed E-state index contributed by atoms with van der Waals surface area (Å²) in [7, 11) is -0.244. The highest BCUT2D eigenvalue weighted by Crippen LogP contribution is 2.45. The lowest BCUT2D eigenvalue weighted by atomic mass is 9.95. The van der Waals surface area contributed by atoms with Crippen LogP contribution < -0.4 is 4.74 Å². The highest BCUT2D eigenvalue weighted by molar-refractivity contribution is 7.89. The first-order chi connectivity index (χ1) is 26.0. The Bertz CT molecular complexity index is 2300. The highest BCUT2D eigenvalue weighted by atomic mass is 35.5. The van der Waals surface area contributed by atoms with Gasteiger partial charge in [-0.05, 0) is 80.8 Å². The van der Waals surface area contributed by atoms with Crippen LogP contribution >= 0.6 is 11.6 Å². The van der Waals surface area contributed by atoms with Gasteiger partial charge in [0.1, 0.15) is 17.3 Å². The Morgan fingerprint density at radius 1 is 1.06 bits per heavy atom. The van der Waals surface area contributed by atoms with Crippen LogP contribution in [0.3, 0.4) is 0 Å². The average Bonchev–Trinajstić information content (AvgIpc) is 3.62. The summed E-state index contributed by atoms with van der Waals surface area (Å²) < 4.78 is 64.7. The molecule has 0 aliphatic carbocycles. The molecule has 4 heterocycles. The number of carbonyl (C=O) groups excluding carboxylic acids is 1. The molecule has 288 valence electrons. The summed E-state index contributed by atoms with van der Waals surface area (Å²) in [5.41, 5.74) is 4.86. The molecule has 1 fully saturated rings. The third-order valence-corrected chi connectivity index (χ3v) is 13.0. The van der Waals surface area contributed by atoms with Crippen molar-refractivity contribution in [3.8, 4) is 16.9 Å². The van der Waals surface area contributed by atoms with Crippen molar-refractivity contribution < 1.29 is 31.8 Å². The maximum absolute atomic E-state index is 14.1. The fourth-order valence-electron chi connectivity index (χ4n) is 7.96. The fourth-order valence-corrected chi connectivity index (χ4v) is 9.58. The quantitative estimate of drug-likeness (QED) is 0.111. The minimum absolute atomic E-state index is 0.116. The molecule has 5 aromatic rings. The molecule has 2 aromatic heterocycles. The number of carbonyl (C=O) groups is 1. The number of rotatable bonds is 10. The SMILES string of the molecule is CCOC(=O)c1c(CCCOc2cccc3cc(F)ccc23)c2ccc(Cl)c3c2n1CCCS(=O)(=O)N(C)C(CCN1CCOCC1)c1nn(C)c(C)c1-3. The summed E-state index contributed by atoms with van der Waals surface area (Å²) >= 11 is 7.21. The van der Waals surface area contributed by atoms with Gasteiger partial charge < -0.3 is 18.8 Å². The minimum Gasteiger partial charge on any atom is -0.493 e. The van der Waals surface area contributed by atoms with Gasteiger partial charge >= 0.3 is 5.97 Å². The number of aryl methyl sites for hydroxylation is 3. The average molecular weight is 780 g/mol. The standard InChI is InChI=1S/C40H47ClFN5O6S/c1-5-52-40(48)39-30(10-7-21-53-34-11-6-9-27-25-28(42)12-13-29(27)34)31-14-15-32(41)36-35-26(2)44(3)43-37(35)33(16-18-46-19-22-51-23-20-46)45(4)54(49,50)24-8-17-47(39)38(31)36/h6,9,11-15,25,33H,5,7-8,10,16-24H2,1-4H3. The predicted octanol–water partition coefficient (Wildman–Crippen LogP) is 6.91. The van der Waals surface area contributed by atoms with Crippen LogP contribution in [0.15, 0.2) is 48.5 Å². The van der Waals surface area contributed by atoms with Crippen LogP contribution in [0.4, 0.5) is 4.39 Å². The summed E-state index contributed by atoms with van der Waals surface area (Å²) in [5.74, 6) is -0.258. The number of nitrogens with zero attached hydrogens (tertiary/aromatic N) is 5. The molecule has 1 saturated heterocycles. The molecule has 14 heteroatoms. The van der Waals surface area contributed by atoms with E-state index in [0.717, 1.165) is 57.1 Å². The molecule has 0 bridgehead atoms. The zero-order valence-electron chi connectivity index (χ0n) is 31.2. The van der Waals surface area contributed by atoms with Crippen LogP contribution in [0.5, 0.6) is 5.75 Å². The molecule has 0 spiro atoms. The van der Waals surface area contributed by atoms with Gasteiger partial charge in [0.15, 0.2) is 0 Å². The zero-order valence-corrected chi connectivity index (χ0v) is 32.8. The van der Waals surface area contributed by atoms with Crippen molar-refractivity contribution in [3.63, 3.8) is 0 Å². The van der Waals surface area contributed by atoms with Crippen molar-refractivity contribution in [2.75, 3.05) is 58.9 Å². The molecule has 1 atom stereocenters. The number of halogens is 2. The van der Waals surface area contributed by atoms with Gasteiger partial charge in [0.05, 0.1) is 54.5 Å². The third kappa shape index (κ3) is 7.36. The monoisotopic (exact) mass is 779 g/mol. The number of hydrogen-bond donors (Lipinski definition) is 0. The second-order valence-corrected chi connectivity index (χ2v) is 16.6. The van der Waals surface area contributed by atoms with Gasteiger partial charge in [-0.1, -0.05) is 29.8 Å². The van der Waals surface area contributed by atoms with Crippen molar-refractivity contribution in [2.24, 2.45) is 7.05 Å². The van der Waals surface area contributed by atoms with Crippen LogP contribution in [0, 0.1) is 12.7 Å². The van der Waals surface area contributed by atoms with Gasteiger partial charge in [-0.15, -0.1) is 0 Å². The van der Waals surface area contributed by atoms with Crippen molar-refractivity contribution in [2.45, 2.75) is 52.1 Å². The topological polar surface area (TPSA) is 108 Å². The molecule has 7 rings (SSSR count). The number of benzene rings is 3. The second kappa shape index (κ2) is 16.0. The van der Waals surface area contributed by atoms with Crippen molar-refractivity contribution in [1.82, 2.24) is 23.6 Å². The van der Waals surface area contributed by atoms with Crippen LogP contribution in [0.25, 0.3) is 32.8 Å². The van der Waals surface area contributed by atoms with E-state index < -0.39 is 22.0 Å². The number of ether oxygens (including phenoxy) is 3. The highest BCUT2D eigenvalue weighted by Gasteiger charge is 2.36. The Hall–Kier alpha value is -4.01. The molecule has 54 heavy (non-hydrogen) atoms. The number of morpholine rings is 1. The van der Waals surface area contributed by atoms with E-state index in [1.807, 2.05) is 48.9 Å². The third-order valence-electron chi connectivity index (χ3n) is 10.8. The first kappa shape index (κ1) is 38.3. The van der Waals surface area contributed by atoms with Crippen LogP contribution in [-0.4, -0.2) is 96.8 Å². The molecule has 11 nitrogen and oxygen atoms in total. The van der Waals surface area contributed by atoms with E-state index in [2.05, 4.69) is 4.90 Å². The van der Waals surface area contributed by atoms with E-state index in [0.29, 0.717) is 67.8 Å². The lowest BCUT2D eigenvalue weighted by Gasteiger charge is -2.31. The van der Waals surface area contributed by atoms with Crippen molar-refractivity contribution in [1.29, 1.82) is 0 Å². The number of fused-ring (bicyclic) bond motifs is 3. The van der Waals surface area contributed by atoms with Gasteiger partial charge in [0, 0.05) is 67.9 Å². The maximum atomic E-state index is 14.1. The van der Waals surface area contributed by atoms with Crippen molar-refractivity contribution in [3.05, 3.63) is 82.0 Å². The summed E-state index contributed by atoms with van der Waals surface area (Å²) in [6.07, 6.45) is 1.82. The van der Waals surface area contributed by atoms with E-state index in [4.69, 9.17) is 30.9 Å². The van der Waals surface area contributed by atoms with E-state index in [1.165, 1.54) is 16.4 Å². The molecule has 0 radical (unpaired) electrons. The number of aromatic nitrogens is 3. The lowest BCUT2D eigenvalue weighted by Crippen LogP contribution is -2.40. The van der Waals surface area contributed by atoms with Gasteiger partial charge in [0.2, 0.25) is 10.0 Å².